The molecular formula is C16H16N4OS2. The average molecular weight is 344 g/mol. The summed E-state index contributed by atoms with van der Waals surface area (Å²) < 4.78 is 0. The van der Waals surface area contributed by atoms with E-state index < -0.39 is 0 Å². The topological polar surface area (TPSA) is 67.8 Å². The highest BCUT2D eigenvalue weighted by atomic mass is 32.1. The van der Waals surface area contributed by atoms with E-state index in [2.05, 4.69) is 31.7 Å². The summed E-state index contributed by atoms with van der Waals surface area (Å²) in [5, 5.41) is 7.85. The van der Waals surface area contributed by atoms with Gasteiger partial charge in [-0.2, -0.15) is 11.3 Å². The van der Waals surface area contributed by atoms with Crippen LogP contribution in [-0.4, -0.2) is 26.9 Å². The van der Waals surface area contributed by atoms with E-state index in [0.29, 0.717) is 21.4 Å². The number of thiazole rings is 1. The Bertz CT molecular complexity index is 784. The van der Waals surface area contributed by atoms with Gasteiger partial charge < -0.3 is 5.32 Å². The van der Waals surface area contributed by atoms with Gasteiger partial charge in [0.25, 0.3) is 5.91 Å². The highest BCUT2D eigenvalue weighted by Crippen LogP contribution is 2.25. The summed E-state index contributed by atoms with van der Waals surface area (Å²) >= 11 is 2.99. The summed E-state index contributed by atoms with van der Waals surface area (Å²) in [4.78, 5) is 25.9. The summed E-state index contributed by atoms with van der Waals surface area (Å²) in [5.41, 5.74) is 1.94. The van der Waals surface area contributed by atoms with Crippen molar-refractivity contribution in [1.29, 1.82) is 0 Å². The Morgan fingerprint density at radius 1 is 1.35 bits per heavy atom. The molecule has 0 saturated carbocycles. The number of aromatic nitrogens is 3. The van der Waals surface area contributed by atoms with E-state index in [1.54, 1.807) is 29.8 Å². The van der Waals surface area contributed by atoms with Crippen molar-refractivity contribution in [3.05, 3.63) is 51.4 Å². The van der Waals surface area contributed by atoms with E-state index >= 15 is 0 Å². The lowest BCUT2D eigenvalue weighted by Crippen LogP contribution is -2.33. The SMILES string of the molecule is Cc1nc(-c2ncccn2)sc1C(=O)NC(C)Cc1ccsc1. The van der Waals surface area contributed by atoms with Gasteiger partial charge in [0, 0.05) is 18.4 Å². The second-order valence-corrected chi connectivity index (χ2v) is 7.00. The second kappa shape index (κ2) is 6.97. The monoisotopic (exact) mass is 344 g/mol. The van der Waals surface area contributed by atoms with Gasteiger partial charge in [-0.25, -0.2) is 15.0 Å². The van der Waals surface area contributed by atoms with Crippen LogP contribution in [0, 0.1) is 6.92 Å². The quantitative estimate of drug-likeness (QED) is 0.771. The Hall–Kier alpha value is -2.12. The third kappa shape index (κ3) is 3.80. The number of hydrogen-bond acceptors (Lipinski definition) is 6. The van der Waals surface area contributed by atoms with Gasteiger partial charge in [-0.15, -0.1) is 11.3 Å². The highest BCUT2D eigenvalue weighted by molar-refractivity contribution is 7.17. The van der Waals surface area contributed by atoms with E-state index in [1.165, 1.54) is 16.9 Å². The smallest absolute Gasteiger partial charge is 0.263 e. The molecule has 0 fully saturated rings. The second-order valence-electron chi connectivity index (χ2n) is 5.22. The minimum Gasteiger partial charge on any atom is -0.348 e. The van der Waals surface area contributed by atoms with E-state index in [4.69, 9.17) is 0 Å². The number of nitrogens with zero attached hydrogens (tertiary/aromatic N) is 3. The molecule has 0 spiro atoms. The molecule has 0 aliphatic carbocycles. The molecule has 0 bridgehead atoms. The molecule has 5 nitrogen and oxygen atoms in total. The summed E-state index contributed by atoms with van der Waals surface area (Å²) in [5.74, 6) is 0.455. The molecule has 3 heterocycles. The zero-order chi connectivity index (χ0) is 16.2. The Morgan fingerprint density at radius 3 is 2.83 bits per heavy atom. The molecule has 3 rings (SSSR count). The van der Waals surface area contributed by atoms with Gasteiger partial charge in [0.2, 0.25) is 0 Å². The van der Waals surface area contributed by atoms with Crippen molar-refractivity contribution in [2.75, 3.05) is 0 Å². The zero-order valence-electron chi connectivity index (χ0n) is 12.8. The fraction of sp³-hybridized carbons (Fsp3) is 0.250. The van der Waals surface area contributed by atoms with Crippen LogP contribution in [0.25, 0.3) is 10.8 Å². The van der Waals surface area contributed by atoms with Crippen molar-refractivity contribution < 1.29 is 4.79 Å². The normalized spacial score (nSPS) is 12.1. The minimum atomic E-state index is -0.0927. The molecular weight excluding hydrogens is 328 g/mol. The molecule has 0 aliphatic rings. The molecule has 0 aliphatic heterocycles. The van der Waals surface area contributed by atoms with Gasteiger partial charge in [0.1, 0.15) is 4.88 Å². The maximum Gasteiger partial charge on any atom is 0.263 e. The summed E-state index contributed by atoms with van der Waals surface area (Å²) in [6.07, 6.45) is 4.16. The van der Waals surface area contributed by atoms with Crippen molar-refractivity contribution in [2.45, 2.75) is 26.3 Å². The van der Waals surface area contributed by atoms with E-state index in [9.17, 15) is 4.79 Å². The predicted octanol–water partition coefficient (Wildman–Crippen LogP) is 3.33. The van der Waals surface area contributed by atoms with Crippen molar-refractivity contribution >= 4 is 28.6 Å². The number of amides is 1. The van der Waals surface area contributed by atoms with Crippen molar-refractivity contribution in [3.8, 4) is 10.8 Å². The van der Waals surface area contributed by atoms with Gasteiger partial charge in [0.15, 0.2) is 10.8 Å². The first-order chi connectivity index (χ1) is 11.1. The number of aryl methyl sites for hydroxylation is 1. The molecule has 3 aromatic rings. The Balaban J connectivity index is 1.71. The van der Waals surface area contributed by atoms with Crippen molar-refractivity contribution in [3.63, 3.8) is 0 Å². The lowest BCUT2D eigenvalue weighted by Gasteiger charge is -2.12. The highest BCUT2D eigenvalue weighted by Gasteiger charge is 2.19. The van der Waals surface area contributed by atoms with E-state index in [1.807, 2.05) is 19.2 Å². The number of thiophene rings is 1. The molecule has 7 heteroatoms. The third-order valence-electron chi connectivity index (χ3n) is 3.26. The first-order valence-corrected chi connectivity index (χ1v) is 8.96. The molecule has 1 N–H and O–H groups in total. The van der Waals surface area contributed by atoms with Crippen LogP contribution in [0.4, 0.5) is 0 Å². The van der Waals surface area contributed by atoms with Crippen LogP contribution in [0.3, 0.4) is 0 Å². The number of carbonyl (C=O) groups is 1. The van der Waals surface area contributed by atoms with E-state index in [0.717, 1.165) is 6.42 Å². The molecule has 3 aromatic heterocycles. The number of rotatable bonds is 5. The predicted molar refractivity (Wildman–Crippen MR) is 92.8 cm³/mol. The molecule has 23 heavy (non-hydrogen) atoms. The number of hydrogen-bond donors (Lipinski definition) is 1. The summed E-state index contributed by atoms with van der Waals surface area (Å²) in [6.45, 7) is 3.84. The van der Waals surface area contributed by atoms with Crippen LogP contribution < -0.4 is 5.32 Å². The maximum absolute atomic E-state index is 12.5. The van der Waals surface area contributed by atoms with Crippen LogP contribution in [0.5, 0.6) is 0 Å². The number of nitrogens with one attached hydrogen (secondary N) is 1. The van der Waals surface area contributed by atoms with Crippen LogP contribution in [0.2, 0.25) is 0 Å². The molecule has 0 radical (unpaired) electrons. The standard InChI is InChI=1S/C16H16N4OS2/c1-10(8-12-4-7-22-9-12)19-15(21)13-11(2)20-16(23-13)14-17-5-3-6-18-14/h3-7,9-10H,8H2,1-2H3,(H,19,21). The molecule has 0 aromatic carbocycles. The van der Waals surface area contributed by atoms with Crippen LogP contribution in [-0.2, 0) is 6.42 Å². The average Bonchev–Trinajstić information content (AvgIpc) is 3.17. The fourth-order valence-electron chi connectivity index (χ4n) is 2.21. The molecule has 1 unspecified atom stereocenters. The Kier molecular flexibility index (Phi) is 4.78. The van der Waals surface area contributed by atoms with Gasteiger partial charge in [-0.3, -0.25) is 4.79 Å². The van der Waals surface area contributed by atoms with Gasteiger partial charge in [-0.1, -0.05) is 0 Å². The first-order valence-electron chi connectivity index (χ1n) is 7.20. The van der Waals surface area contributed by atoms with Crippen molar-refractivity contribution in [1.82, 2.24) is 20.3 Å². The van der Waals surface area contributed by atoms with Gasteiger partial charge >= 0.3 is 0 Å². The maximum atomic E-state index is 12.5. The molecule has 1 amide bonds. The van der Waals surface area contributed by atoms with Crippen molar-refractivity contribution in [2.24, 2.45) is 0 Å². The largest absolute Gasteiger partial charge is 0.348 e. The minimum absolute atomic E-state index is 0.0648. The molecule has 1 atom stereocenters. The van der Waals surface area contributed by atoms with Gasteiger partial charge in [-0.05, 0) is 48.7 Å². The fourth-order valence-corrected chi connectivity index (χ4v) is 3.81. The van der Waals surface area contributed by atoms with Crippen LogP contribution in [0.15, 0.2) is 35.3 Å². The van der Waals surface area contributed by atoms with E-state index in [-0.39, 0.29) is 11.9 Å². The van der Waals surface area contributed by atoms with Crippen LogP contribution >= 0.6 is 22.7 Å². The Labute approximate surface area is 142 Å². The zero-order valence-corrected chi connectivity index (χ0v) is 14.4. The van der Waals surface area contributed by atoms with Crippen LogP contribution in [0.1, 0.15) is 27.9 Å². The summed E-state index contributed by atoms with van der Waals surface area (Å²) in [6, 6.07) is 3.90. The summed E-state index contributed by atoms with van der Waals surface area (Å²) in [7, 11) is 0. The number of carbonyl (C=O) groups excluding carboxylic acids is 1. The Morgan fingerprint density at radius 2 is 2.13 bits per heavy atom. The first kappa shape index (κ1) is 15.8. The molecule has 118 valence electrons. The lowest BCUT2D eigenvalue weighted by atomic mass is 10.1. The third-order valence-corrected chi connectivity index (χ3v) is 5.14. The van der Waals surface area contributed by atoms with Gasteiger partial charge in [0.05, 0.1) is 5.69 Å². The molecule has 0 saturated heterocycles. The lowest BCUT2D eigenvalue weighted by molar-refractivity contribution is 0.0943.